The molecular weight excluding hydrogens is 454 g/mol. The number of oxazole rings is 1. The van der Waals surface area contributed by atoms with E-state index in [1.54, 1.807) is 35.1 Å². The summed E-state index contributed by atoms with van der Waals surface area (Å²) >= 11 is 0. The number of hydrogen-bond donors (Lipinski definition) is 0. The zero-order valence-electron chi connectivity index (χ0n) is 18.6. The Kier molecular flexibility index (Phi) is 4.84. The SMILES string of the molecule is [C-]#[N+]c1cc2nc(-c3cnn4ccc(N5CCC[C@@H]5c5cc(F)ccc5F)nc34)oc2cc1OC. The minimum absolute atomic E-state index is 0.304. The van der Waals surface area contributed by atoms with E-state index in [4.69, 9.17) is 20.7 Å². The number of nitrogens with zero attached hydrogens (tertiary/aromatic N) is 6. The molecule has 35 heavy (non-hydrogen) atoms. The van der Waals surface area contributed by atoms with Crippen LogP contribution in [-0.2, 0) is 0 Å². The molecule has 5 aromatic rings. The smallest absolute Gasteiger partial charge is 0.232 e. The van der Waals surface area contributed by atoms with Crippen LogP contribution in [-0.4, -0.2) is 33.2 Å². The first-order chi connectivity index (χ1) is 17.1. The van der Waals surface area contributed by atoms with E-state index >= 15 is 0 Å². The second-order valence-electron chi connectivity index (χ2n) is 8.25. The Bertz CT molecular complexity index is 1640. The molecule has 0 N–H and O–H groups in total. The molecule has 8 nitrogen and oxygen atoms in total. The lowest BCUT2D eigenvalue weighted by molar-refractivity contribution is 0.417. The molecule has 0 radical (unpaired) electrons. The molecule has 1 fully saturated rings. The van der Waals surface area contributed by atoms with Crippen molar-refractivity contribution in [2.24, 2.45) is 0 Å². The van der Waals surface area contributed by atoms with Crippen molar-refractivity contribution in [3.63, 3.8) is 0 Å². The number of anilines is 1. The first-order valence-electron chi connectivity index (χ1n) is 11.0. The summed E-state index contributed by atoms with van der Waals surface area (Å²) < 4.78 is 41.2. The number of aromatic nitrogens is 4. The molecule has 2 aromatic carbocycles. The molecule has 174 valence electrons. The number of ether oxygens (including phenoxy) is 1. The molecule has 1 aliphatic rings. The highest BCUT2D eigenvalue weighted by molar-refractivity contribution is 5.85. The molecule has 1 atom stereocenters. The minimum atomic E-state index is -0.469. The Morgan fingerprint density at radius 3 is 2.89 bits per heavy atom. The molecule has 6 rings (SSSR count). The van der Waals surface area contributed by atoms with Crippen LogP contribution in [0.3, 0.4) is 0 Å². The summed E-state index contributed by atoms with van der Waals surface area (Å²) in [6, 6.07) is 8.26. The molecule has 4 heterocycles. The van der Waals surface area contributed by atoms with Gasteiger partial charge in [0.25, 0.3) is 0 Å². The average molecular weight is 472 g/mol. The predicted molar refractivity (Wildman–Crippen MR) is 124 cm³/mol. The van der Waals surface area contributed by atoms with Gasteiger partial charge < -0.3 is 14.1 Å². The molecule has 0 spiro atoms. The van der Waals surface area contributed by atoms with Crippen LogP contribution < -0.4 is 9.64 Å². The quantitative estimate of drug-likeness (QED) is 0.312. The summed E-state index contributed by atoms with van der Waals surface area (Å²) in [7, 11) is 1.49. The molecule has 0 saturated carbocycles. The van der Waals surface area contributed by atoms with E-state index < -0.39 is 11.6 Å². The van der Waals surface area contributed by atoms with Crippen molar-refractivity contribution in [3.05, 3.63) is 77.4 Å². The molecule has 1 saturated heterocycles. The van der Waals surface area contributed by atoms with E-state index in [2.05, 4.69) is 14.9 Å². The number of benzene rings is 2. The standard InChI is InChI=1S/C25H18F2N6O2/c1-28-18-11-19-22(12-21(18)34-2)35-25(30-19)16-13-29-33-9-7-23(31-24(16)33)32-8-3-4-20(32)15-10-14(26)5-6-17(15)27/h5-7,9-13,20H,3-4,8H2,2H3/t20-/m1/s1. The van der Waals surface area contributed by atoms with Gasteiger partial charge in [-0.1, -0.05) is 0 Å². The van der Waals surface area contributed by atoms with Gasteiger partial charge in [-0.05, 0) is 43.2 Å². The maximum atomic E-state index is 14.5. The fourth-order valence-corrected chi connectivity index (χ4v) is 4.61. The van der Waals surface area contributed by atoms with Crippen molar-refractivity contribution >= 4 is 28.3 Å². The molecule has 0 bridgehead atoms. The van der Waals surface area contributed by atoms with E-state index in [1.807, 2.05) is 4.90 Å². The molecule has 10 heteroatoms. The number of rotatable bonds is 4. The van der Waals surface area contributed by atoms with E-state index in [0.717, 1.165) is 18.6 Å². The summed E-state index contributed by atoms with van der Waals surface area (Å²) in [4.78, 5) is 14.8. The highest BCUT2D eigenvalue weighted by atomic mass is 19.1. The van der Waals surface area contributed by atoms with E-state index in [1.165, 1.54) is 13.2 Å². The van der Waals surface area contributed by atoms with Gasteiger partial charge in [0.05, 0.1) is 31.4 Å². The van der Waals surface area contributed by atoms with Crippen LogP contribution >= 0.6 is 0 Å². The summed E-state index contributed by atoms with van der Waals surface area (Å²) in [5.41, 5.74) is 2.73. The van der Waals surface area contributed by atoms with Crippen molar-refractivity contribution in [2.75, 3.05) is 18.6 Å². The van der Waals surface area contributed by atoms with Crippen molar-refractivity contribution < 1.29 is 17.9 Å². The van der Waals surface area contributed by atoms with Crippen molar-refractivity contribution in [1.82, 2.24) is 19.6 Å². The Balaban J connectivity index is 1.42. The second-order valence-corrected chi connectivity index (χ2v) is 8.25. The monoisotopic (exact) mass is 472 g/mol. The van der Waals surface area contributed by atoms with Crippen LogP contribution in [0.15, 0.2) is 53.2 Å². The van der Waals surface area contributed by atoms with E-state index in [0.29, 0.717) is 64.0 Å². The summed E-state index contributed by atoms with van der Waals surface area (Å²) in [6.07, 6.45) is 4.89. The molecule has 0 unspecified atom stereocenters. The van der Waals surface area contributed by atoms with Gasteiger partial charge in [-0.15, -0.1) is 0 Å². The van der Waals surface area contributed by atoms with Crippen molar-refractivity contribution in [2.45, 2.75) is 18.9 Å². The lowest BCUT2D eigenvalue weighted by atomic mass is 10.0. The van der Waals surface area contributed by atoms with Gasteiger partial charge >= 0.3 is 0 Å². The van der Waals surface area contributed by atoms with E-state index in [-0.39, 0.29) is 6.04 Å². The Hall–Kier alpha value is -4.52. The van der Waals surface area contributed by atoms with Gasteiger partial charge in [0.15, 0.2) is 11.2 Å². The normalized spacial score (nSPS) is 15.7. The van der Waals surface area contributed by atoms with Gasteiger partial charge in [0.1, 0.15) is 28.8 Å². The maximum Gasteiger partial charge on any atom is 0.232 e. The van der Waals surface area contributed by atoms with Crippen LogP contribution in [0.1, 0.15) is 24.4 Å². The van der Waals surface area contributed by atoms with Crippen molar-refractivity contribution in [1.29, 1.82) is 0 Å². The van der Waals surface area contributed by atoms with E-state index in [9.17, 15) is 8.78 Å². The lowest BCUT2D eigenvalue weighted by Crippen LogP contribution is -2.24. The third kappa shape index (κ3) is 3.44. The minimum Gasteiger partial charge on any atom is -0.508 e. The van der Waals surface area contributed by atoms with Crippen molar-refractivity contribution in [3.8, 4) is 17.2 Å². The molecule has 0 aliphatic carbocycles. The Morgan fingerprint density at radius 1 is 1.17 bits per heavy atom. The number of fused-ring (bicyclic) bond motifs is 2. The van der Waals surface area contributed by atoms with Crippen LogP contribution in [0.25, 0.3) is 33.0 Å². The largest absolute Gasteiger partial charge is 0.508 e. The van der Waals surface area contributed by atoms with Gasteiger partial charge in [0.2, 0.25) is 11.6 Å². The first-order valence-corrected chi connectivity index (χ1v) is 11.0. The second kappa shape index (κ2) is 8.06. The Morgan fingerprint density at radius 2 is 2.06 bits per heavy atom. The zero-order chi connectivity index (χ0) is 24.1. The summed E-state index contributed by atoms with van der Waals surface area (Å²) in [6.45, 7) is 8.00. The fraction of sp³-hybridized carbons (Fsp3) is 0.200. The Labute approximate surface area is 198 Å². The number of halogens is 2. The van der Waals surface area contributed by atoms with Crippen LogP contribution in [0, 0.1) is 18.2 Å². The third-order valence-corrected chi connectivity index (χ3v) is 6.26. The molecule has 3 aromatic heterocycles. The van der Waals surface area contributed by atoms with Gasteiger partial charge in [0, 0.05) is 24.4 Å². The van der Waals surface area contributed by atoms with Gasteiger partial charge in [-0.25, -0.2) is 28.1 Å². The zero-order valence-corrected chi connectivity index (χ0v) is 18.6. The lowest BCUT2D eigenvalue weighted by Gasteiger charge is -2.26. The average Bonchev–Trinajstić information content (AvgIpc) is 3.61. The topological polar surface area (TPSA) is 73.0 Å². The molecule has 1 aliphatic heterocycles. The molecule has 0 amide bonds. The van der Waals surface area contributed by atoms with Crippen LogP contribution in [0.5, 0.6) is 5.75 Å². The highest BCUT2D eigenvalue weighted by Gasteiger charge is 2.30. The summed E-state index contributed by atoms with van der Waals surface area (Å²) in [5, 5.41) is 4.36. The van der Waals surface area contributed by atoms with Gasteiger partial charge in [-0.3, -0.25) is 0 Å². The first kappa shape index (κ1) is 21.0. The summed E-state index contributed by atoms with van der Waals surface area (Å²) in [5.74, 6) is 0.426. The predicted octanol–water partition coefficient (Wildman–Crippen LogP) is 5.72. The fourth-order valence-electron chi connectivity index (χ4n) is 4.61. The third-order valence-electron chi connectivity index (χ3n) is 6.26. The number of methoxy groups -OCH3 is 1. The highest BCUT2D eigenvalue weighted by Crippen LogP contribution is 2.38. The van der Waals surface area contributed by atoms with Gasteiger partial charge in [-0.2, -0.15) is 5.10 Å². The number of hydrogen-bond acceptors (Lipinski definition) is 6. The van der Waals surface area contributed by atoms with Crippen LogP contribution in [0.4, 0.5) is 20.3 Å². The van der Waals surface area contributed by atoms with Crippen LogP contribution in [0.2, 0.25) is 0 Å². The molecular formula is C25H18F2N6O2. The maximum absolute atomic E-state index is 14.5.